The smallest absolute Gasteiger partial charge is 0.410 e. The molecule has 1 aliphatic rings. The van der Waals surface area contributed by atoms with Gasteiger partial charge in [0.05, 0.1) is 25.8 Å². The zero-order valence-corrected chi connectivity index (χ0v) is 16.2. The molecule has 0 N–H and O–H groups in total. The number of rotatable bonds is 4. The molecular weight excluding hydrogens is 336 g/mol. The number of piperidine rings is 1. The molecule has 1 amide bonds. The fourth-order valence-corrected chi connectivity index (χ4v) is 3.10. The van der Waals surface area contributed by atoms with Crippen LogP contribution in [0.1, 0.15) is 39.3 Å². The lowest BCUT2D eigenvalue weighted by Gasteiger charge is -2.39. The number of likely N-dealkylation sites (tertiary alicyclic amines) is 1. The van der Waals surface area contributed by atoms with Crippen molar-refractivity contribution in [2.75, 3.05) is 27.3 Å². The zero-order chi connectivity index (χ0) is 19.4. The lowest BCUT2D eigenvalue weighted by atomic mass is 9.74. The van der Waals surface area contributed by atoms with Gasteiger partial charge in [-0.2, -0.15) is 0 Å². The molecule has 1 fully saturated rings. The lowest BCUT2D eigenvalue weighted by molar-refractivity contribution is -0.156. The summed E-state index contributed by atoms with van der Waals surface area (Å²) >= 11 is 0. The molecule has 1 saturated heterocycles. The number of carbonyl (C=O) groups is 2. The molecule has 0 bridgehead atoms. The van der Waals surface area contributed by atoms with E-state index >= 15 is 0 Å². The third-order valence-electron chi connectivity index (χ3n) is 4.54. The van der Waals surface area contributed by atoms with Gasteiger partial charge >= 0.3 is 12.1 Å². The summed E-state index contributed by atoms with van der Waals surface area (Å²) in [7, 11) is 2.98. The van der Waals surface area contributed by atoms with Crippen LogP contribution in [0.5, 0.6) is 5.75 Å². The topological polar surface area (TPSA) is 78.0 Å². The van der Waals surface area contributed by atoms with Gasteiger partial charge < -0.3 is 19.1 Å². The second kappa shape index (κ2) is 7.93. The minimum atomic E-state index is -0.686. The molecule has 0 spiro atoms. The summed E-state index contributed by atoms with van der Waals surface area (Å²) in [5, 5.41) is 0. The summed E-state index contributed by atoms with van der Waals surface area (Å²) in [6.45, 7) is 6.40. The fraction of sp³-hybridized carbons (Fsp3) is 0.632. The number of hydrogen-bond donors (Lipinski definition) is 0. The van der Waals surface area contributed by atoms with Crippen LogP contribution in [0.15, 0.2) is 18.3 Å². The van der Waals surface area contributed by atoms with Gasteiger partial charge in [0.15, 0.2) is 0 Å². The van der Waals surface area contributed by atoms with Crippen molar-refractivity contribution >= 4 is 12.1 Å². The van der Waals surface area contributed by atoms with Crippen LogP contribution in [0.2, 0.25) is 0 Å². The fourth-order valence-electron chi connectivity index (χ4n) is 3.10. The Kier molecular flexibility index (Phi) is 6.10. The molecule has 1 aromatic rings. The highest BCUT2D eigenvalue weighted by Crippen LogP contribution is 2.36. The monoisotopic (exact) mass is 364 g/mol. The van der Waals surface area contributed by atoms with E-state index in [1.54, 1.807) is 18.2 Å². The Balaban J connectivity index is 2.09. The first kappa shape index (κ1) is 20.0. The second-order valence-electron chi connectivity index (χ2n) is 7.61. The van der Waals surface area contributed by atoms with Crippen molar-refractivity contribution in [1.29, 1.82) is 0 Å². The number of carbonyl (C=O) groups excluding carboxylic acids is 2. The van der Waals surface area contributed by atoms with Crippen LogP contribution < -0.4 is 4.74 Å². The average molecular weight is 364 g/mol. The number of pyridine rings is 1. The molecule has 0 saturated carbocycles. The van der Waals surface area contributed by atoms with Crippen LogP contribution in [0, 0.1) is 5.41 Å². The molecule has 0 unspecified atom stereocenters. The number of nitrogens with zero attached hydrogens (tertiary/aromatic N) is 2. The van der Waals surface area contributed by atoms with Crippen molar-refractivity contribution < 1.29 is 23.8 Å². The van der Waals surface area contributed by atoms with Crippen LogP contribution in [0.3, 0.4) is 0 Å². The first-order valence-corrected chi connectivity index (χ1v) is 8.74. The van der Waals surface area contributed by atoms with E-state index in [2.05, 4.69) is 4.98 Å². The van der Waals surface area contributed by atoms with Crippen molar-refractivity contribution in [3.63, 3.8) is 0 Å². The number of aromatic nitrogens is 1. The Bertz CT molecular complexity index is 628. The van der Waals surface area contributed by atoms with Crippen LogP contribution in [0.4, 0.5) is 4.79 Å². The predicted molar refractivity (Wildman–Crippen MR) is 96.0 cm³/mol. The summed E-state index contributed by atoms with van der Waals surface area (Å²) in [6, 6.07) is 3.67. The van der Waals surface area contributed by atoms with Crippen molar-refractivity contribution in [3.05, 3.63) is 24.0 Å². The molecule has 144 valence electrons. The Labute approximate surface area is 154 Å². The highest BCUT2D eigenvalue weighted by Gasteiger charge is 2.44. The molecule has 0 aromatic carbocycles. The lowest BCUT2D eigenvalue weighted by Crippen LogP contribution is -2.49. The van der Waals surface area contributed by atoms with E-state index in [1.165, 1.54) is 7.11 Å². The minimum absolute atomic E-state index is 0.265. The highest BCUT2D eigenvalue weighted by molar-refractivity contribution is 5.78. The second-order valence-corrected chi connectivity index (χ2v) is 7.61. The summed E-state index contributed by atoms with van der Waals surface area (Å²) in [5.41, 5.74) is -0.433. The average Bonchev–Trinajstić information content (AvgIpc) is 2.60. The third-order valence-corrected chi connectivity index (χ3v) is 4.54. The summed E-state index contributed by atoms with van der Waals surface area (Å²) in [4.78, 5) is 30.8. The van der Waals surface area contributed by atoms with Crippen LogP contribution in [0.25, 0.3) is 0 Å². The van der Waals surface area contributed by atoms with Crippen LogP contribution in [-0.4, -0.2) is 54.9 Å². The number of hydrogen-bond acceptors (Lipinski definition) is 6. The van der Waals surface area contributed by atoms with Gasteiger partial charge in [0.25, 0.3) is 0 Å². The quantitative estimate of drug-likeness (QED) is 0.765. The van der Waals surface area contributed by atoms with Crippen LogP contribution >= 0.6 is 0 Å². The molecular formula is C19H28N2O5. The normalized spacial score (nSPS) is 16.7. The zero-order valence-electron chi connectivity index (χ0n) is 16.2. The molecule has 0 radical (unpaired) electrons. The first-order chi connectivity index (χ1) is 12.2. The van der Waals surface area contributed by atoms with Gasteiger partial charge in [-0.05, 0) is 45.7 Å². The maximum absolute atomic E-state index is 12.5. The van der Waals surface area contributed by atoms with E-state index in [0.29, 0.717) is 38.1 Å². The number of methoxy groups -OCH3 is 2. The predicted octanol–water partition coefficient (Wildman–Crippen LogP) is 2.82. The van der Waals surface area contributed by atoms with Gasteiger partial charge in [-0.3, -0.25) is 9.78 Å². The largest absolute Gasteiger partial charge is 0.495 e. The standard InChI is InChI=1S/C19H28N2O5/c1-18(2,3)26-17(23)21-10-8-19(9-11-21,16(22)25-5)12-14-6-7-15(24-4)13-20-14/h6-7,13H,8-12H2,1-5H3. The number of esters is 1. The van der Waals surface area contributed by atoms with Crippen molar-refractivity contribution in [2.24, 2.45) is 5.41 Å². The number of amides is 1. The molecule has 7 heteroatoms. The molecule has 2 rings (SSSR count). The van der Waals surface area contributed by atoms with Gasteiger partial charge in [0.1, 0.15) is 11.4 Å². The molecule has 2 heterocycles. The Hall–Kier alpha value is -2.31. The maximum Gasteiger partial charge on any atom is 0.410 e. The Morgan fingerprint density at radius 3 is 2.31 bits per heavy atom. The van der Waals surface area contributed by atoms with E-state index in [1.807, 2.05) is 32.9 Å². The molecule has 1 aliphatic heterocycles. The van der Waals surface area contributed by atoms with Crippen LogP contribution in [-0.2, 0) is 20.7 Å². The molecule has 0 aliphatic carbocycles. The van der Waals surface area contributed by atoms with Gasteiger partial charge in [0.2, 0.25) is 0 Å². The first-order valence-electron chi connectivity index (χ1n) is 8.74. The van der Waals surface area contributed by atoms with E-state index in [0.717, 1.165) is 5.69 Å². The summed E-state index contributed by atoms with van der Waals surface area (Å²) in [5.74, 6) is 0.402. The van der Waals surface area contributed by atoms with Crippen molar-refractivity contribution in [3.8, 4) is 5.75 Å². The molecule has 1 aromatic heterocycles. The molecule has 26 heavy (non-hydrogen) atoms. The van der Waals surface area contributed by atoms with Gasteiger partial charge in [-0.1, -0.05) is 0 Å². The van der Waals surface area contributed by atoms with Gasteiger partial charge in [0, 0.05) is 25.2 Å². The van der Waals surface area contributed by atoms with E-state index in [9.17, 15) is 9.59 Å². The maximum atomic E-state index is 12.5. The molecule has 0 atom stereocenters. The summed E-state index contributed by atoms with van der Waals surface area (Å²) in [6.07, 6.45) is 2.76. The minimum Gasteiger partial charge on any atom is -0.495 e. The highest BCUT2D eigenvalue weighted by atomic mass is 16.6. The SMILES string of the molecule is COC(=O)C1(Cc2ccc(OC)cn2)CCN(C(=O)OC(C)(C)C)CC1. The Morgan fingerprint density at radius 2 is 1.85 bits per heavy atom. The number of ether oxygens (including phenoxy) is 3. The van der Waals surface area contributed by atoms with Crippen molar-refractivity contribution in [1.82, 2.24) is 9.88 Å². The van der Waals surface area contributed by atoms with Gasteiger partial charge in [-0.25, -0.2) is 4.79 Å². The summed E-state index contributed by atoms with van der Waals surface area (Å²) < 4.78 is 15.6. The van der Waals surface area contributed by atoms with E-state index < -0.39 is 11.0 Å². The van der Waals surface area contributed by atoms with E-state index in [-0.39, 0.29) is 12.1 Å². The van der Waals surface area contributed by atoms with E-state index in [4.69, 9.17) is 14.2 Å². The van der Waals surface area contributed by atoms with Gasteiger partial charge in [-0.15, -0.1) is 0 Å². The Morgan fingerprint density at radius 1 is 1.19 bits per heavy atom. The molecule has 7 nitrogen and oxygen atoms in total. The van der Waals surface area contributed by atoms with Crippen molar-refractivity contribution in [2.45, 2.75) is 45.6 Å². The third kappa shape index (κ3) is 4.86.